The third kappa shape index (κ3) is 6.93. The number of hydrogen-bond acceptors (Lipinski definition) is 4. The van der Waals surface area contributed by atoms with E-state index in [4.69, 9.17) is 4.52 Å². The summed E-state index contributed by atoms with van der Waals surface area (Å²) in [5, 5.41) is 19.5. The Hall–Kier alpha value is 0.250. The second-order valence-electron chi connectivity index (χ2n) is 2.76. The van der Waals surface area contributed by atoms with E-state index in [0.29, 0.717) is 13.0 Å². The van der Waals surface area contributed by atoms with Crippen molar-refractivity contribution in [3.05, 3.63) is 0 Å². The minimum absolute atomic E-state index is 0.282. The highest BCUT2D eigenvalue weighted by molar-refractivity contribution is 8.00. The van der Waals surface area contributed by atoms with Gasteiger partial charge in [0.05, 0.1) is 12.2 Å². The first-order valence-electron chi connectivity index (χ1n) is 3.47. The number of aliphatic hydroxyl groups is 1. The SMILES string of the molecule is C[C@@](O)(CCOPP)CC(=O)[O-]. The fraction of sp³-hybridized carbons (Fsp3) is 0.833. The molecular formula is C6H13O4P2-. The lowest BCUT2D eigenvalue weighted by molar-refractivity contribution is -0.309. The summed E-state index contributed by atoms with van der Waals surface area (Å²) in [7, 11) is 2.68. The first-order chi connectivity index (χ1) is 5.48. The lowest BCUT2D eigenvalue weighted by Gasteiger charge is -2.23. The van der Waals surface area contributed by atoms with Crippen LogP contribution in [0, 0.1) is 0 Å². The Morgan fingerprint density at radius 3 is 2.83 bits per heavy atom. The average molecular weight is 211 g/mol. The Balaban J connectivity index is 3.63. The van der Waals surface area contributed by atoms with E-state index < -0.39 is 11.6 Å². The van der Waals surface area contributed by atoms with Gasteiger partial charge in [-0.1, -0.05) is 8.93 Å². The minimum Gasteiger partial charge on any atom is -0.550 e. The van der Waals surface area contributed by atoms with Gasteiger partial charge < -0.3 is 19.5 Å². The van der Waals surface area contributed by atoms with E-state index in [-0.39, 0.29) is 14.9 Å². The highest BCUT2D eigenvalue weighted by atomic mass is 32.0. The molecule has 0 spiro atoms. The normalized spacial score (nSPS) is 16.6. The highest BCUT2D eigenvalue weighted by Gasteiger charge is 2.19. The van der Waals surface area contributed by atoms with Crippen LogP contribution in [0.2, 0.25) is 0 Å². The molecule has 0 aliphatic heterocycles. The maximum atomic E-state index is 10.1. The lowest BCUT2D eigenvalue weighted by Crippen LogP contribution is -2.35. The molecule has 12 heavy (non-hydrogen) atoms. The maximum absolute atomic E-state index is 10.1. The van der Waals surface area contributed by atoms with Crippen LogP contribution in [-0.4, -0.2) is 23.3 Å². The molecule has 0 rings (SSSR count). The summed E-state index contributed by atoms with van der Waals surface area (Å²) in [5.41, 5.74) is -1.22. The minimum atomic E-state index is -1.24. The second-order valence-corrected chi connectivity index (χ2v) is 3.99. The molecule has 4 nitrogen and oxygen atoms in total. The molecule has 0 aromatic carbocycles. The van der Waals surface area contributed by atoms with Crippen molar-refractivity contribution >= 4 is 23.4 Å². The zero-order valence-electron chi connectivity index (χ0n) is 6.87. The van der Waals surface area contributed by atoms with Gasteiger partial charge in [0.15, 0.2) is 0 Å². The topological polar surface area (TPSA) is 69.6 Å². The zero-order chi connectivity index (χ0) is 9.61. The van der Waals surface area contributed by atoms with Crippen molar-refractivity contribution in [3.63, 3.8) is 0 Å². The summed E-state index contributed by atoms with van der Waals surface area (Å²) in [6.07, 6.45) is -0.0429. The summed E-state index contributed by atoms with van der Waals surface area (Å²) >= 11 is 0. The average Bonchev–Trinajstić information content (AvgIpc) is 1.84. The summed E-state index contributed by atoms with van der Waals surface area (Å²) in [6.45, 7) is 1.82. The van der Waals surface area contributed by atoms with Crippen molar-refractivity contribution in [1.82, 2.24) is 0 Å². The Bertz CT molecular complexity index is 148. The van der Waals surface area contributed by atoms with Gasteiger partial charge in [-0.05, 0) is 13.3 Å². The molecule has 0 amide bonds. The lowest BCUT2D eigenvalue weighted by atomic mass is 9.99. The van der Waals surface area contributed by atoms with Gasteiger partial charge in [-0.15, -0.1) is 0 Å². The molecule has 72 valence electrons. The van der Waals surface area contributed by atoms with E-state index in [1.807, 2.05) is 0 Å². The van der Waals surface area contributed by atoms with E-state index in [1.165, 1.54) is 6.92 Å². The number of carbonyl (C=O) groups excluding carboxylic acids is 1. The Labute approximate surface area is 75.7 Å². The van der Waals surface area contributed by atoms with Gasteiger partial charge in [-0.2, -0.15) is 0 Å². The van der Waals surface area contributed by atoms with Crippen LogP contribution in [-0.2, 0) is 9.32 Å². The highest BCUT2D eigenvalue weighted by Crippen LogP contribution is 2.23. The summed E-state index contributed by atoms with van der Waals surface area (Å²) < 4.78 is 4.97. The fourth-order valence-corrected chi connectivity index (χ4v) is 1.30. The molecular weight excluding hydrogens is 198 g/mol. The van der Waals surface area contributed by atoms with Crippen molar-refractivity contribution in [1.29, 1.82) is 0 Å². The van der Waals surface area contributed by atoms with Crippen LogP contribution in [0.1, 0.15) is 19.8 Å². The number of hydrogen-bond donors (Lipinski definition) is 1. The van der Waals surface area contributed by atoms with Crippen molar-refractivity contribution in [2.24, 2.45) is 0 Å². The van der Waals surface area contributed by atoms with E-state index in [9.17, 15) is 15.0 Å². The summed E-state index contributed by atoms with van der Waals surface area (Å²) in [5.74, 6) is -1.24. The number of carboxylic acids is 1. The molecule has 3 atom stereocenters. The van der Waals surface area contributed by atoms with Crippen LogP contribution in [0.4, 0.5) is 0 Å². The number of rotatable bonds is 6. The van der Waals surface area contributed by atoms with Gasteiger partial charge in [-0.3, -0.25) is 0 Å². The van der Waals surface area contributed by atoms with Crippen molar-refractivity contribution in [3.8, 4) is 0 Å². The largest absolute Gasteiger partial charge is 0.550 e. The molecule has 0 radical (unpaired) electrons. The van der Waals surface area contributed by atoms with Crippen molar-refractivity contribution < 1.29 is 19.5 Å². The molecule has 0 aliphatic rings. The predicted molar refractivity (Wildman–Crippen MR) is 48.8 cm³/mol. The van der Waals surface area contributed by atoms with Crippen LogP contribution in [0.25, 0.3) is 0 Å². The Morgan fingerprint density at radius 1 is 1.83 bits per heavy atom. The smallest absolute Gasteiger partial charge is 0.0693 e. The Morgan fingerprint density at radius 2 is 2.42 bits per heavy atom. The molecule has 0 bridgehead atoms. The van der Waals surface area contributed by atoms with Gasteiger partial charge in [0.2, 0.25) is 0 Å². The maximum Gasteiger partial charge on any atom is 0.0693 e. The molecule has 6 heteroatoms. The fourth-order valence-electron chi connectivity index (χ4n) is 0.729. The summed E-state index contributed by atoms with van der Waals surface area (Å²) in [6, 6.07) is 0. The molecule has 0 heterocycles. The molecule has 0 fully saturated rings. The van der Waals surface area contributed by atoms with E-state index >= 15 is 0 Å². The monoisotopic (exact) mass is 211 g/mol. The van der Waals surface area contributed by atoms with Gasteiger partial charge in [0.1, 0.15) is 0 Å². The third-order valence-electron chi connectivity index (χ3n) is 1.35. The molecule has 2 unspecified atom stereocenters. The predicted octanol–water partition coefficient (Wildman–Crippen LogP) is -0.332. The van der Waals surface area contributed by atoms with Crippen LogP contribution >= 0.6 is 17.4 Å². The number of carboxylic acid groups (broad SMARTS) is 1. The zero-order valence-corrected chi connectivity index (χ0v) is 9.03. The van der Waals surface area contributed by atoms with Crippen LogP contribution in [0.15, 0.2) is 0 Å². The Kier molecular flexibility index (Phi) is 5.94. The number of carbonyl (C=O) groups is 1. The molecule has 1 N–H and O–H groups in total. The van der Waals surface area contributed by atoms with Crippen molar-refractivity contribution in [2.75, 3.05) is 6.61 Å². The molecule has 0 saturated heterocycles. The van der Waals surface area contributed by atoms with Crippen LogP contribution in [0.5, 0.6) is 0 Å². The van der Waals surface area contributed by atoms with E-state index in [2.05, 4.69) is 8.93 Å². The molecule has 0 saturated carbocycles. The van der Waals surface area contributed by atoms with Crippen molar-refractivity contribution in [2.45, 2.75) is 25.4 Å². The van der Waals surface area contributed by atoms with Crippen LogP contribution < -0.4 is 5.11 Å². The molecule has 0 aromatic heterocycles. The second kappa shape index (κ2) is 5.82. The number of aliphatic carboxylic acids is 1. The first-order valence-corrected chi connectivity index (χ1v) is 6.19. The van der Waals surface area contributed by atoms with Gasteiger partial charge in [0, 0.05) is 20.9 Å². The molecule has 0 aromatic rings. The molecule has 0 aliphatic carbocycles. The van der Waals surface area contributed by atoms with E-state index in [1.54, 1.807) is 0 Å². The standard InChI is InChI=1S/C6H14O4P2/c1-6(9,4-5(7)8)2-3-10-12-11/h9,12H,2-4,11H2,1H3,(H,7,8)/p-1/t6-/m1/s1. The van der Waals surface area contributed by atoms with E-state index in [0.717, 1.165) is 0 Å². The quantitative estimate of drug-likeness (QED) is 0.482. The first kappa shape index (κ1) is 12.2. The van der Waals surface area contributed by atoms with Gasteiger partial charge in [0.25, 0.3) is 0 Å². The third-order valence-corrected chi connectivity index (χ3v) is 2.22. The van der Waals surface area contributed by atoms with Gasteiger partial charge in [-0.25, -0.2) is 0 Å². The van der Waals surface area contributed by atoms with Gasteiger partial charge >= 0.3 is 0 Å². The summed E-state index contributed by atoms with van der Waals surface area (Å²) in [4.78, 5) is 10.1. The van der Waals surface area contributed by atoms with Crippen LogP contribution in [0.3, 0.4) is 0 Å².